The molecule has 0 aliphatic carbocycles. The highest BCUT2D eigenvalue weighted by Crippen LogP contribution is 2.24. The normalized spacial score (nSPS) is 11.4. The Morgan fingerprint density at radius 2 is 2.12 bits per heavy atom. The predicted octanol–water partition coefficient (Wildman–Crippen LogP) is 2.69. The van der Waals surface area contributed by atoms with Crippen LogP contribution in [0.1, 0.15) is 32.8 Å². The molecule has 0 saturated carbocycles. The van der Waals surface area contributed by atoms with Crippen molar-refractivity contribution in [3.05, 3.63) is 29.6 Å². The van der Waals surface area contributed by atoms with Crippen molar-refractivity contribution in [2.75, 3.05) is 5.32 Å². The molecule has 1 aromatic carbocycles. The Hall–Kier alpha value is -1.42. The quantitative estimate of drug-likeness (QED) is 0.848. The van der Waals surface area contributed by atoms with Crippen LogP contribution >= 0.6 is 0 Å². The number of rotatable bonds is 4. The molecule has 1 rings (SSSR count). The monoisotopic (exact) mass is 239 g/mol. The molecule has 3 nitrogen and oxygen atoms in total. The zero-order chi connectivity index (χ0) is 13.1. The summed E-state index contributed by atoms with van der Waals surface area (Å²) in [5.41, 5.74) is 0.354. The molecule has 17 heavy (non-hydrogen) atoms. The Morgan fingerprint density at radius 1 is 1.47 bits per heavy atom. The van der Waals surface area contributed by atoms with Crippen LogP contribution in [0.2, 0.25) is 0 Å². The number of hydrogen-bond acceptors (Lipinski definition) is 2. The molecule has 0 atom stereocenters. The zero-order valence-corrected chi connectivity index (χ0v) is 10.4. The van der Waals surface area contributed by atoms with E-state index in [0.717, 1.165) is 0 Å². The van der Waals surface area contributed by atoms with Gasteiger partial charge in [-0.2, -0.15) is 0 Å². The van der Waals surface area contributed by atoms with Gasteiger partial charge < -0.3 is 10.4 Å². The summed E-state index contributed by atoms with van der Waals surface area (Å²) >= 11 is 0. The molecule has 0 spiro atoms. The first-order chi connectivity index (χ1) is 7.90. The Bertz CT molecular complexity index is 416. The SMILES string of the molecule is CCC(C)(C)C(=O)Nc1ccc(F)cc1CO. The number of amides is 1. The first-order valence-electron chi connectivity index (χ1n) is 5.61. The highest BCUT2D eigenvalue weighted by atomic mass is 19.1. The predicted molar refractivity (Wildman–Crippen MR) is 65.0 cm³/mol. The van der Waals surface area contributed by atoms with Crippen LogP contribution in [0, 0.1) is 11.2 Å². The molecular weight excluding hydrogens is 221 g/mol. The Morgan fingerprint density at radius 3 is 2.65 bits per heavy atom. The van der Waals surface area contributed by atoms with Crippen molar-refractivity contribution in [1.29, 1.82) is 0 Å². The minimum Gasteiger partial charge on any atom is -0.392 e. The first-order valence-corrected chi connectivity index (χ1v) is 5.61. The largest absolute Gasteiger partial charge is 0.392 e. The number of aliphatic hydroxyl groups is 1. The van der Waals surface area contributed by atoms with Gasteiger partial charge in [0.1, 0.15) is 5.82 Å². The van der Waals surface area contributed by atoms with E-state index < -0.39 is 11.2 Å². The van der Waals surface area contributed by atoms with Crippen LogP contribution in [-0.2, 0) is 11.4 Å². The van der Waals surface area contributed by atoms with Crippen molar-refractivity contribution in [1.82, 2.24) is 0 Å². The average Bonchev–Trinajstić information content (AvgIpc) is 2.31. The van der Waals surface area contributed by atoms with Crippen molar-refractivity contribution in [3.63, 3.8) is 0 Å². The van der Waals surface area contributed by atoms with E-state index in [2.05, 4.69) is 5.32 Å². The van der Waals surface area contributed by atoms with E-state index in [1.165, 1.54) is 18.2 Å². The number of benzene rings is 1. The third-order valence-corrected chi connectivity index (χ3v) is 2.98. The van der Waals surface area contributed by atoms with Crippen molar-refractivity contribution in [3.8, 4) is 0 Å². The van der Waals surface area contributed by atoms with Crippen LogP contribution in [0.25, 0.3) is 0 Å². The van der Waals surface area contributed by atoms with Gasteiger partial charge in [0.2, 0.25) is 5.91 Å². The van der Waals surface area contributed by atoms with Gasteiger partial charge in [-0.3, -0.25) is 4.79 Å². The van der Waals surface area contributed by atoms with Gasteiger partial charge in [0.15, 0.2) is 0 Å². The fraction of sp³-hybridized carbons (Fsp3) is 0.462. The van der Waals surface area contributed by atoms with Gasteiger partial charge in [0.05, 0.1) is 6.61 Å². The molecule has 0 unspecified atom stereocenters. The molecule has 2 N–H and O–H groups in total. The molecule has 0 fully saturated rings. The van der Waals surface area contributed by atoms with Gasteiger partial charge in [-0.15, -0.1) is 0 Å². The van der Waals surface area contributed by atoms with Crippen LogP contribution in [-0.4, -0.2) is 11.0 Å². The Labute approximate surface area is 101 Å². The lowest BCUT2D eigenvalue weighted by Crippen LogP contribution is -2.30. The molecule has 0 heterocycles. The molecule has 0 aromatic heterocycles. The van der Waals surface area contributed by atoms with E-state index in [0.29, 0.717) is 17.7 Å². The van der Waals surface area contributed by atoms with Crippen molar-refractivity contribution in [2.45, 2.75) is 33.8 Å². The van der Waals surface area contributed by atoms with E-state index >= 15 is 0 Å². The van der Waals surface area contributed by atoms with Crippen LogP contribution in [0.15, 0.2) is 18.2 Å². The fourth-order valence-electron chi connectivity index (χ4n) is 1.27. The van der Waals surface area contributed by atoms with E-state index in [1.807, 2.05) is 20.8 Å². The smallest absolute Gasteiger partial charge is 0.230 e. The highest BCUT2D eigenvalue weighted by molar-refractivity contribution is 5.95. The van der Waals surface area contributed by atoms with Gasteiger partial charge in [-0.05, 0) is 24.6 Å². The summed E-state index contributed by atoms with van der Waals surface area (Å²) in [7, 11) is 0. The second kappa shape index (κ2) is 5.27. The standard InChI is InChI=1S/C13H18FNO2/c1-4-13(2,3)12(17)15-11-6-5-10(14)7-9(11)8-16/h5-7,16H,4,8H2,1-3H3,(H,15,17). The topological polar surface area (TPSA) is 49.3 Å². The average molecular weight is 239 g/mol. The van der Waals surface area contributed by atoms with Crippen LogP contribution < -0.4 is 5.32 Å². The summed E-state index contributed by atoms with van der Waals surface area (Å²) < 4.78 is 12.9. The van der Waals surface area contributed by atoms with Crippen molar-refractivity contribution in [2.24, 2.45) is 5.41 Å². The second-order valence-corrected chi connectivity index (χ2v) is 4.65. The molecule has 0 aliphatic heterocycles. The van der Waals surface area contributed by atoms with Crippen molar-refractivity contribution >= 4 is 11.6 Å². The maximum Gasteiger partial charge on any atom is 0.230 e. The highest BCUT2D eigenvalue weighted by Gasteiger charge is 2.25. The number of anilines is 1. The number of hydrogen-bond donors (Lipinski definition) is 2. The lowest BCUT2D eigenvalue weighted by molar-refractivity contribution is -0.124. The maximum absolute atomic E-state index is 12.9. The number of carbonyl (C=O) groups excluding carboxylic acids is 1. The summed E-state index contributed by atoms with van der Waals surface area (Å²) in [5, 5.41) is 11.8. The van der Waals surface area contributed by atoms with E-state index in [-0.39, 0.29) is 12.5 Å². The maximum atomic E-state index is 12.9. The third kappa shape index (κ3) is 3.27. The van der Waals surface area contributed by atoms with Crippen LogP contribution in [0.5, 0.6) is 0 Å². The van der Waals surface area contributed by atoms with Crippen LogP contribution in [0.3, 0.4) is 0 Å². The number of nitrogens with one attached hydrogen (secondary N) is 1. The molecule has 1 amide bonds. The van der Waals surface area contributed by atoms with Gasteiger partial charge in [-0.25, -0.2) is 4.39 Å². The summed E-state index contributed by atoms with van der Waals surface area (Å²) in [5.74, 6) is -0.567. The number of halogens is 1. The summed E-state index contributed by atoms with van der Waals surface area (Å²) in [6, 6.07) is 3.94. The summed E-state index contributed by atoms with van der Waals surface area (Å²) in [6.45, 7) is 5.30. The Kier molecular flexibility index (Phi) is 4.23. The molecule has 0 aliphatic rings. The van der Waals surface area contributed by atoms with E-state index in [1.54, 1.807) is 0 Å². The molecular formula is C13H18FNO2. The fourth-order valence-corrected chi connectivity index (χ4v) is 1.27. The Balaban J connectivity index is 2.92. The lowest BCUT2D eigenvalue weighted by atomic mass is 9.89. The zero-order valence-electron chi connectivity index (χ0n) is 10.4. The van der Waals surface area contributed by atoms with Gasteiger partial charge in [0.25, 0.3) is 0 Å². The van der Waals surface area contributed by atoms with Gasteiger partial charge in [0, 0.05) is 16.7 Å². The third-order valence-electron chi connectivity index (χ3n) is 2.98. The van der Waals surface area contributed by atoms with Gasteiger partial charge >= 0.3 is 0 Å². The van der Waals surface area contributed by atoms with E-state index in [4.69, 9.17) is 5.11 Å². The minimum absolute atomic E-state index is 0.138. The number of carbonyl (C=O) groups is 1. The van der Waals surface area contributed by atoms with Crippen LogP contribution in [0.4, 0.5) is 10.1 Å². The van der Waals surface area contributed by atoms with E-state index in [9.17, 15) is 9.18 Å². The lowest BCUT2D eigenvalue weighted by Gasteiger charge is -2.22. The molecule has 1 aromatic rings. The second-order valence-electron chi connectivity index (χ2n) is 4.65. The minimum atomic E-state index is -0.485. The number of aliphatic hydroxyl groups excluding tert-OH is 1. The summed E-state index contributed by atoms with van der Waals surface area (Å²) in [4.78, 5) is 11.9. The molecule has 0 bridgehead atoms. The first kappa shape index (κ1) is 13.6. The molecule has 0 saturated heterocycles. The molecule has 4 heteroatoms. The van der Waals surface area contributed by atoms with Crippen molar-refractivity contribution < 1.29 is 14.3 Å². The summed E-state index contributed by atoms with van der Waals surface area (Å²) in [6.07, 6.45) is 0.703. The molecule has 94 valence electrons. The van der Waals surface area contributed by atoms with Gasteiger partial charge in [-0.1, -0.05) is 20.8 Å². The molecule has 0 radical (unpaired) electrons.